The summed E-state index contributed by atoms with van der Waals surface area (Å²) in [6, 6.07) is -0.508. The fourth-order valence-electron chi connectivity index (χ4n) is 1.53. The van der Waals surface area contributed by atoms with Crippen molar-refractivity contribution >= 4 is 5.91 Å². The molecule has 0 aromatic rings. The lowest BCUT2D eigenvalue weighted by Crippen LogP contribution is -2.64. The van der Waals surface area contributed by atoms with E-state index in [1.165, 1.54) is 0 Å². The summed E-state index contributed by atoms with van der Waals surface area (Å²) in [7, 11) is 1.58. The van der Waals surface area contributed by atoms with Gasteiger partial charge in [-0.05, 0) is 13.3 Å². The molecule has 14 heavy (non-hydrogen) atoms. The monoisotopic (exact) mass is 202 g/mol. The van der Waals surface area contributed by atoms with E-state index >= 15 is 0 Å². The number of rotatable bonds is 4. The topological polar surface area (TPSA) is 75.8 Å². The number of nitrogens with two attached hydrogens (primary N) is 1. The minimum atomic E-state index is -0.726. The second-order valence-electron chi connectivity index (χ2n) is 4.08. The van der Waals surface area contributed by atoms with Crippen LogP contribution in [-0.2, 0) is 9.53 Å². The quantitative estimate of drug-likeness (QED) is 0.609. The van der Waals surface area contributed by atoms with Crippen LogP contribution in [0.4, 0.5) is 0 Å². The first kappa shape index (κ1) is 11.4. The number of amides is 1. The first-order valence-corrected chi connectivity index (χ1v) is 4.72. The van der Waals surface area contributed by atoms with Crippen LogP contribution in [0, 0.1) is 0 Å². The van der Waals surface area contributed by atoms with E-state index in [-0.39, 0.29) is 5.91 Å². The number of methoxy groups -OCH3 is 1. The maximum atomic E-state index is 11.6. The molecule has 5 heteroatoms. The van der Waals surface area contributed by atoms with E-state index in [1.807, 2.05) is 0 Å². The molecule has 1 amide bonds. The summed E-state index contributed by atoms with van der Waals surface area (Å²) in [6.45, 7) is 2.95. The predicted octanol–water partition coefficient (Wildman–Crippen LogP) is -1.06. The Labute approximate surface area is 83.8 Å². The summed E-state index contributed by atoms with van der Waals surface area (Å²) in [6.07, 6.45) is 0.522. The fraction of sp³-hybridized carbons (Fsp3) is 0.889. The summed E-state index contributed by atoms with van der Waals surface area (Å²) in [5.74, 6) is -0.103. The molecule has 0 bridgehead atoms. The van der Waals surface area contributed by atoms with E-state index in [4.69, 9.17) is 10.5 Å². The second-order valence-corrected chi connectivity index (χ2v) is 4.08. The number of hydrogen-bond acceptors (Lipinski definition) is 4. The van der Waals surface area contributed by atoms with E-state index in [2.05, 4.69) is 0 Å². The Morgan fingerprint density at radius 2 is 2.29 bits per heavy atom. The number of ether oxygens (including phenoxy) is 1. The van der Waals surface area contributed by atoms with Crippen LogP contribution < -0.4 is 5.73 Å². The van der Waals surface area contributed by atoms with Crippen molar-refractivity contribution in [2.24, 2.45) is 5.73 Å². The molecule has 0 saturated carbocycles. The number of aliphatic hydroxyl groups is 1. The van der Waals surface area contributed by atoms with E-state index in [0.29, 0.717) is 26.1 Å². The molecule has 0 aliphatic carbocycles. The van der Waals surface area contributed by atoms with Gasteiger partial charge in [0.15, 0.2) is 0 Å². The van der Waals surface area contributed by atoms with Gasteiger partial charge in [-0.2, -0.15) is 0 Å². The Hall–Kier alpha value is -0.650. The second kappa shape index (κ2) is 4.25. The molecule has 1 unspecified atom stereocenters. The highest BCUT2D eigenvalue weighted by Crippen LogP contribution is 2.20. The first-order chi connectivity index (χ1) is 6.46. The van der Waals surface area contributed by atoms with Crippen LogP contribution in [0.1, 0.15) is 13.3 Å². The predicted molar refractivity (Wildman–Crippen MR) is 51.7 cm³/mol. The number of β-amino-alcohol motifs (C(OH)–C–C–N with tert-alkyl or cyclic N) is 1. The zero-order chi connectivity index (χ0) is 10.8. The Morgan fingerprint density at radius 3 is 2.71 bits per heavy atom. The third kappa shape index (κ3) is 2.67. The van der Waals surface area contributed by atoms with E-state index in [1.54, 1.807) is 18.9 Å². The van der Waals surface area contributed by atoms with Crippen LogP contribution in [0.5, 0.6) is 0 Å². The summed E-state index contributed by atoms with van der Waals surface area (Å²) >= 11 is 0. The van der Waals surface area contributed by atoms with Crippen molar-refractivity contribution in [3.05, 3.63) is 0 Å². The van der Waals surface area contributed by atoms with Crippen LogP contribution in [0.3, 0.4) is 0 Å². The smallest absolute Gasteiger partial charge is 0.239 e. The van der Waals surface area contributed by atoms with Crippen molar-refractivity contribution in [3.63, 3.8) is 0 Å². The molecule has 1 rings (SSSR count). The van der Waals surface area contributed by atoms with Crippen LogP contribution >= 0.6 is 0 Å². The highest BCUT2D eigenvalue weighted by Gasteiger charge is 2.40. The number of carbonyl (C=O) groups is 1. The zero-order valence-electron chi connectivity index (χ0n) is 8.69. The lowest BCUT2D eigenvalue weighted by atomic mass is 9.96. The Balaban J connectivity index is 2.29. The molecule has 0 aromatic heterocycles. The van der Waals surface area contributed by atoms with Gasteiger partial charge < -0.3 is 20.5 Å². The lowest BCUT2D eigenvalue weighted by Gasteiger charge is -2.45. The van der Waals surface area contributed by atoms with Crippen molar-refractivity contribution in [2.75, 3.05) is 26.8 Å². The van der Waals surface area contributed by atoms with Gasteiger partial charge >= 0.3 is 0 Å². The molecule has 1 aliphatic rings. The molecule has 3 N–H and O–H groups in total. The van der Waals surface area contributed by atoms with E-state index in [0.717, 1.165) is 0 Å². The molecule has 82 valence electrons. The van der Waals surface area contributed by atoms with Crippen molar-refractivity contribution in [3.8, 4) is 0 Å². The van der Waals surface area contributed by atoms with Gasteiger partial charge in [0.05, 0.1) is 24.7 Å². The summed E-state index contributed by atoms with van der Waals surface area (Å²) in [4.78, 5) is 13.1. The van der Waals surface area contributed by atoms with Gasteiger partial charge in [0, 0.05) is 13.7 Å². The summed E-state index contributed by atoms with van der Waals surface area (Å²) in [5, 5.41) is 9.43. The van der Waals surface area contributed by atoms with Crippen molar-refractivity contribution in [2.45, 2.75) is 25.0 Å². The molecule has 1 fully saturated rings. The highest BCUT2D eigenvalue weighted by molar-refractivity contribution is 5.82. The van der Waals surface area contributed by atoms with Gasteiger partial charge in [0.2, 0.25) is 5.91 Å². The van der Waals surface area contributed by atoms with Gasteiger partial charge in [-0.15, -0.1) is 0 Å². The molecule has 1 atom stereocenters. The molecule has 1 saturated heterocycles. The van der Waals surface area contributed by atoms with Crippen LogP contribution in [0.2, 0.25) is 0 Å². The number of likely N-dealkylation sites (tertiary alicyclic amines) is 1. The first-order valence-electron chi connectivity index (χ1n) is 4.72. The zero-order valence-corrected chi connectivity index (χ0v) is 8.69. The number of hydrogen-bond donors (Lipinski definition) is 2. The maximum absolute atomic E-state index is 11.6. The summed E-state index contributed by atoms with van der Waals surface area (Å²) in [5.41, 5.74) is 4.92. The van der Waals surface area contributed by atoms with Crippen LogP contribution in [0.15, 0.2) is 0 Å². The standard InChI is InChI=1S/C9H18N2O3/c1-9(13)5-11(6-9)8(12)7(10)3-4-14-2/h7,13H,3-6,10H2,1-2H3. The molecule has 5 nitrogen and oxygen atoms in total. The Kier molecular flexibility index (Phi) is 3.47. The third-order valence-electron chi connectivity index (χ3n) is 2.32. The molecular weight excluding hydrogens is 184 g/mol. The maximum Gasteiger partial charge on any atom is 0.239 e. The summed E-state index contributed by atoms with van der Waals surface area (Å²) < 4.78 is 4.83. The highest BCUT2D eigenvalue weighted by atomic mass is 16.5. The SMILES string of the molecule is COCCC(N)C(=O)N1CC(C)(O)C1. The van der Waals surface area contributed by atoms with Crippen molar-refractivity contribution < 1.29 is 14.6 Å². The minimum absolute atomic E-state index is 0.103. The van der Waals surface area contributed by atoms with Crippen LogP contribution in [-0.4, -0.2) is 54.4 Å². The van der Waals surface area contributed by atoms with Crippen molar-refractivity contribution in [1.82, 2.24) is 4.90 Å². The average molecular weight is 202 g/mol. The lowest BCUT2D eigenvalue weighted by molar-refractivity contribution is -0.154. The van der Waals surface area contributed by atoms with Gasteiger partial charge in [0.1, 0.15) is 0 Å². The van der Waals surface area contributed by atoms with Gasteiger partial charge in [-0.1, -0.05) is 0 Å². The molecule has 0 spiro atoms. The third-order valence-corrected chi connectivity index (χ3v) is 2.32. The van der Waals surface area contributed by atoms with Crippen LogP contribution in [0.25, 0.3) is 0 Å². The molecular formula is C9H18N2O3. The average Bonchev–Trinajstić information content (AvgIpc) is 2.08. The minimum Gasteiger partial charge on any atom is -0.386 e. The number of nitrogens with zero attached hydrogens (tertiary/aromatic N) is 1. The number of carbonyl (C=O) groups excluding carboxylic acids is 1. The molecule has 1 heterocycles. The normalized spacial score (nSPS) is 21.6. The Bertz CT molecular complexity index is 210. The van der Waals surface area contributed by atoms with E-state index < -0.39 is 11.6 Å². The largest absolute Gasteiger partial charge is 0.386 e. The van der Waals surface area contributed by atoms with Gasteiger partial charge in [-0.3, -0.25) is 4.79 Å². The fourth-order valence-corrected chi connectivity index (χ4v) is 1.53. The van der Waals surface area contributed by atoms with E-state index in [9.17, 15) is 9.90 Å². The molecule has 0 radical (unpaired) electrons. The molecule has 0 aromatic carbocycles. The van der Waals surface area contributed by atoms with Crippen molar-refractivity contribution in [1.29, 1.82) is 0 Å². The Morgan fingerprint density at radius 1 is 1.71 bits per heavy atom. The molecule has 1 aliphatic heterocycles. The van der Waals surface area contributed by atoms with Gasteiger partial charge in [0.25, 0.3) is 0 Å². The van der Waals surface area contributed by atoms with Gasteiger partial charge in [-0.25, -0.2) is 0 Å².